The van der Waals surface area contributed by atoms with Crippen molar-refractivity contribution in [3.8, 4) is 11.1 Å². The standard InChI is InChI=1S/C20H19N3O2/c24-20(19-17(9-15-25-19)16-6-2-1-3-7-16)23-13-11-22(12-14-23)18-8-4-5-10-21-18/h1-10,15H,11-14H2. The molecule has 1 aliphatic rings. The van der Waals surface area contributed by atoms with E-state index < -0.39 is 0 Å². The number of rotatable bonds is 3. The van der Waals surface area contributed by atoms with Crippen LogP contribution in [-0.4, -0.2) is 42.0 Å². The summed E-state index contributed by atoms with van der Waals surface area (Å²) >= 11 is 0. The summed E-state index contributed by atoms with van der Waals surface area (Å²) in [5.74, 6) is 1.32. The van der Waals surface area contributed by atoms with Gasteiger partial charge in [0.2, 0.25) is 0 Å². The van der Waals surface area contributed by atoms with Gasteiger partial charge in [-0.1, -0.05) is 36.4 Å². The normalized spacial score (nSPS) is 14.6. The first-order valence-corrected chi connectivity index (χ1v) is 8.41. The van der Waals surface area contributed by atoms with Crippen LogP contribution in [-0.2, 0) is 0 Å². The highest BCUT2D eigenvalue weighted by Crippen LogP contribution is 2.26. The van der Waals surface area contributed by atoms with E-state index >= 15 is 0 Å². The minimum absolute atomic E-state index is 0.0514. The molecule has 4 rings (SSSR count). The van der Waals surface area contributed by atoms with Crippen molar-refractivity contribution in [1.82, 2.24) is 9.88 Å². The lowest BCUT2D eigenvalue weighted by Crippen LogP contribution is -2.49. The molecule has 0 radical (unpaired) electrons. The molecule has 0 spiro atoms. The summed E-state index contributed by atoms with van der Waals surface area (Å²) in [5, 5.41) is 0. The van der Waals surface area contributed by atoms with Gasteiger partial charge in [-0.25, -0.2) is 4.98 Å². The molecule has 0 saturated carbocycles. The van der Waals surface area contributed by atoms with Crippen molar-refractivity contribution in [2.45, 2.75) is 0 Å². The summed E-state index contributed by atoms with van der Waals surface area (Å²) in [6.45, 7) is 2.85. The van der Waals surface area contributed by atoms with Crippen LogP contribution in [0.5, 0.6) is 0 Å². The number of carbonyl (C=O) groups excluding carboxylic acids is 1. The van der Waals surface area contributed by atoms with Gasteiger partial charge < -0.3 is 14.2 Å². The number of carbonyl (C=O) groups is 1. The molecule has 1 aliphatic heterocycles. The highest BCUT2D eigenvalue weighted by molar-refractivity contribution is 5.98. The average molecular weight is 333 g/mol. The fourth-order valence-electron chi connectivity index (χ4n) is 3.14. The van der Waals surface area contributed by atoms with Gasteiger partial charge in [-0.3, -0.25) is 4.79 Å². The Balaban J connectivity index is 1.48. The molecule has 3 heterocycles. The molecule has 1 aromatic carbocycles. The number of hydrogen-bond donors (Lipinski definition) is 0. The molecule has 25 heavy (non-hydrogen) atoms. The molecule has 1 saturated heterocycles. The first-order chi connectivity index (χ1) is 12.3. The predicted molar refractivity (Wildman–Crippen MR) is 96.5 cm³/mol. The van der Waals surface area contributed by atoms with Crippen LogP contribution in [0.4, 0.5) is 5.82 Å². The van der Waals surface area contributed by atoms with Crippen molar-refractivity contribution in [1.29, 1.82) is 0 Å². The molecule has 126 valence electrons. The van der Waals surface area contributed by atoms with E-state index in [-0.39, 0.29) is 5.91 Å². The van der Waals surface area contributed by atoms with E-state index in [9.17, 15) is 4.79 Å². The van der Waals surface area contributed by atoms with E-state index in [4.69, 9.17) is 4.42 Å². The maximum absolute atomic E-state index is 12.9. The lowest BCUT2D eigenvalue weighted by Gasteiger charge is -2.35. The monoisotopic (exact) mass is 333 g/mol. The second kappa shape index (κ2) is 6.81. The quantitative estimate of drug-likeness (QED) is 0.738. The maximum Gasteiger partial charge on any atom is 0.290 e. The lowest BCUT2D eigenvalue weighted by molar-refractivity contribution is 0.0715. The molecule has 0 N–H and O–H groups in total. The summed E-state index contributed by atoms with van der Waals surface area (Å²) in [4.78, 5) is 21.3. The summed E-state index contributed by atoms with van der Waals surface area (Å²) in [5.41, 5.74) is 1.84. The van der Waals surface area contributed by atoms with Gasteiger partial charge in [-0.15, -0.1) is 0 Å². The highest BCUT2D eigenvalue weighted by Gasteiger charge is 2.26. The summed E-state index contributed by atoms with van der Waals surface area (Å²) in [7, 11) is 0. The summed E-state index contributed by atoms with van der Waals surface area (Å²) in [6, 6.07) is 17.6. The van der Waals surface area contributed by atoms with Crippen LogP contribution < -0.4 is 4.90 Å². The molecular formula is C20H19N3O2. The van der Waals surface area contributed by atoms with Gasteiger partial charge in [0.25, 0.3) is 5.91 Å². The van der Waals surface area contributed by atoms with Gasteiger partial charge in [-0.05, 0) is 23.8 Å². The zero-order valence-corrected chi connectivity index (χ0v) is 13.8. The molecular weight excluding hydrogens is 314 g/mol. The number of nitrogens with zero attached hydrogens (tertiary/aromatic N) is 3. The smallest absolute Gasteiger partial charge is 0.290 e. The third-order valence-electron chi connectivity index (χ3n) is 4.48. The molecule has 0 aliphatic carbocycles. The van der Waals surface area contributed by atoms with E-state index in [0.717, 1.165) is 30.0 Å². The van der Waals surface area contributed by atoms with Crippen LogP contribution >= 0.6 is 0 Å². The number of benzene rings is 1. The highest BCUT2D eigenvalue weighted by atomic mass is 16.3. The largest absolute Gasteiger partial charge is 0.459 e. The topological polar surface area (TPSA) is 49.6 Å². The number of amides is 1. The van der Waals surface area contributed by atoms with Crippen molar-refractivity contribution < 1.29 is 9.21 Å². The number of pyridine rings is 1. The molecule has 5 nitrogen and oxygen atoms in total. The van der Waals surface area contributed by atoms with Crippen molar-refractivity contribution in [2.75, 3.05) is 31.1 Å². The minimum atomic E-state index is -0.0514. The fourth-order valence-corrected chi connectivity index (χ4v) is 3.14. The second-order valence-electron chi connectivity index (χ2n) is 6.00. The number of piperazine rings is 1. The zero-order chi connectivity index (χ0) is 17.1. The van der Waals surface area contributed by atoms with E-state index in [1.54, 1.807) is 12.5 Å². The maximum atomic E-state index is 12.9. The number of aromatic nitrogens is 1. The Morgan fingerprint density at radius 1 is 0.920 bits per heavy atom. The number of furan rings is 1. The fraction of sp³-hybridized carbons (Fsp3) is 0.200. The first-order valence-electron chi connectivity index (χ1n) is 8.41. The Labute approximate surface area is 146 Å². The van der Waals surface area contributed by atoms with Crippen LogP contribution in [0.3, 0.4) is 0 Å². The Morgan fingerprint density at radius 3 is 2.40 bits per heavy atom. The van der Waals surface area contributed by atoms with Crippen LogP contribution in [0.2, 0.25) is 0 Å². The first kappa shape index (κ1) is 15.4. The minimum Gasteiger partial charge on any atom is -0.459 e. The van der Waals surface area contributed by atoms with Gasteiger partial charge in [0.05, 0.1) is 6.26 Å². The molecule has 0 bridgehead atoms. The van der Waals surface area contributed by atoms with Crippen molar-refractivity contribution in [3.05, 3.63) is 72.8 Å². The number of anilines is 1. The third kappa shape index (κ3) is 3.13. The molecule has 0 unspecified atom stereocenters. The van der Waals surface area contributed by atoms with Crippen molar-refractivity contribution in [2.24, 2.45) is 0 Å². The Kier molecular flexibility index (Phi) is 4.21. The van der Waals surface area contributed by atoms with Gasteiger partial charge in [0.1, 0.15) is 5.82 Å². The summed E-state index contributed by atoms with van der Waals surface area (Å²) in [6.07, 6.45) is 3.38. The van der Waals surface area contributed by atoms with Crippen molar-refractivity contribution >= 4 is 11.7 Å². The van der Waals surface area contributed by atoms with Crippen LogP contribution in [0.1, 0.15) is 10.6 Å². The molecule has 0 atom stereocenters. The van der Waals surface area contributed by atoms with Crippen LogP contribution in [0.15, 0.2) is 71.5 Å². The van der Waals surface area contributed by atoms with Crippen molar-refractivity contribution in [3.63, 3.8) is 0 Å². The Bertz CT molecular complexity index is 838. The second-order valence-corrected chi connectivity index (χ2v) is 6.00. The Morgan fingerprint density at radius 2 is 1.68 bits per heavy atom. The van der Waals surface area contributed by atoms with Gasteiger partial charge in [0, 0.05) is 37.9 Å². The summed E-state index contributed by atoms with van der Waals surface area (Å²) < 4.78 is 5.53. The van der Waals surface area contributed by atoms with Gasteiger partial charge >= 0.3 is 0 Å². The van der Waals surface area contributed by atoms with Crippen LogP contribution in [0.25, 0.3) is 11.1 Å². The SMILES string of the molecule is O=C(c1occc1-c1ccccc1)N1CCN(c2ccccn2)CC1. The van der Waals surface area contributed by atoms with Crippen LogP contribution in [0, 0.1) is 0 Å². The van der Waals surface area contributed by atoms with Gasteiger partial charge in [-0.2, -0.15) is 0 Å². The Hall–Kier alpha value is -3.08. The zero-order valence-electron chi connectivity index (χ0n) is 13.8. The van der Waals surface area contributed by atoms with E-state index in [0.29, 0.717) is 18.8 Å². The predicted octanol–water partition coefficient (Wildman–Crippen LogP) is 3.30. The van der Waals surface area contributed by atoms with E-state index in [1.807, 2.05) is 59.5 Å². The van der Waals surface area contributed by atoms with E-state index in [2.05, 4.69) is 9.88 Å². The molecule has 3 aromatic rings. The number of hydrogen-bond acceptors (Lipinski definition) is 4. The molecule has 2 aromatic heterocycles. The lowest BCUT2D eigenvalue weighted by atomic mass is 10.1. The van der Waals surface area contributed by atoms with E-state index in [1.165, 1.54) is 0 Å². The molecule has 1 fully saturated rings. The molecule has 5 heteroatoms. The third-order valence-corrected chi connectivity index (χ3v) is 4.48. The van der Waals surface area contributed by atoms with Gasteiger partial charge in [0.15, 0.2) is 5.76 Å². The molecule has 1 amide bonds. The average Bonchev–Trinajstić information content (AvgIpc) is 3.19.